The average Bonchev–Trinajstić information content (AvgIpc) is 3.10. The molecule has 2 aromatic rings. The van der Waals surface area contributed by atoms with E-state index in [1.54, 1.807) is 12.1 Å². The van der Waals surface area contributed by atoms with Gasteiger partial charge in [0.2, 0.25) is 0 Å². The fourth-order valence-electron chi connectivity index (χ4n) is 1.86. The van der Waals surface area contributed by atoms with Crippen LogP contribution in [0.2, 0.25) is 10.0 Å². The second-order valence-electron chi connectivity index (χ2n) is 4.47. The van der Waals surface area contributed by atoms with Gasteiger partial charge in [-0.25, -0.2) is 9.97 Å². The number of aromatic nitrogens is 2. The summed E-state index contributed by atoms with van der Waals surface area (Å²) < 4.78 is 0. The second kappa shape index (κ2) is 4.41. The molecule has 1 heterocycles. The molecular weight excluding hydrogens is 269 g/mol. The van der Waals surface area contributed by atoms with E-state index in [2.05, 4.69) is 9.97 Å². The summed E-state index contributed by atoms with van der Waals surface area (Å²) in [6.45, 7) is 0. The lowest BCUT2D eigenvalue weighted by Crippen LogP contribution is -2.00. The van der Waals surface area contributed by atoms with Gasteiger partial charge in [-0.15, -0.1) is 0 Å². The van der Waals surface area contributed by atoms with E-state index in [0.717, 1.165) is 29.9 Å². The molecule has 1 fully saturated rings. The van der Waals surface area contributed by atoms with E-state index >= 15 is 0 Å². The summed E-state index contributed by atoms with van der Waals surface area (Å²) in [7, 11) is 0. The zero-order valence-electron chi connectivity index (χ0n) is 9.53. The van der Waals surface area contributed by atoms with Crippen LogP contribution in [0.15, 0.2) is 24.3 Å². The standard InChI is InChI=1S/C13H11Cl2N3/c14-9-3-8(4-10(15)5-9)11-6-12(16)18-13(17-11)7-1-2-7/h3-7H,1-2H2,(H2,16,17,18). The van der Waals surface area contributed by atoms with Crippen molar-refractivity contribution in [1.82, 2.24) is 9.97 Å². The van der Waals surface area contributed by atoms with Gasteiger partial charge in [0.25, 0.3) is 0 Å². The van der Waals surface area contributed by atoms with E-state index in [-0.39, 0.29) is 0 Å². The van der Waals surface area contributed by atoms with Crippen molar-refractivity contribution in [2.45, 2.75) is 18.8 Å². The molecule has 3 nitrogen and oxygen atoms in total. The smallest absolute Gasteiger partial charge is 0.134 e. The Morgan fingerprint density at radius 1 is 1.00 bits per heavy atom. The maximum Gasteiger partial charge on any atom is 0.134 e. The second-order valence-corrected chi connectivity index (χ2v) is 5.34. The van der Waals surface area contributed by atoms with Crippen molar-refractivity contribution < 1.29 is 0 Å². The lowest BCUT2D eigenvalue weighted by Gasteiger charge is -2.06. The Labute approximate surface area is 115 Å². The lowest BCUT2D eigenvalue weighted by molar-refractivity contribution is 0.936. The van der Waals surface area contributed by atoms with Crippen LogP contribution in [-0.2, 0) is 0 Å². The molecule has 0 unspecified atom stereocenters. The molecule has 0 bridgehead atoms. The molecule has 1 aromatic heterocycles. The quantitative estimate of drug-likeness (QED) is 0.907. The van der Waals surface area contributed by atoms with Crippen molar-refractivity contribution >= 4 is 29.0 Å². The van der Waals surface area contributed by atoms with Gasteiger partial charge in [-0.2, -0.15) is 0 Å². The minimum absolute atomic E-state index is 0.460. The zero-order valence-corrected chi connectivity index (χ0v) is 11.0. The van der Waals surface area contributed by atoms with Crippen molar-refractivity contribution in [2.75, 3.05) is 5.73 Å². The Bertz CT molecular complexity index is 589. The lowest BCUT2D eigenvalue weighted by atomic mass is 10.1. The summed E-state index contributed by atoms with van der Waals surface area (Å²) in [5.74, 6) is 1.76. The minimum Gasteiger partial charge on any atom is -0.384 e. The molecule has 0 saturated heterocycles. The molecule has 2 N–H and O–H groups in total. The third-order valence-corrected chi connectivity index (χ3v) is 3.30. The first kappa shape index (κ1) is 11.8. The Balaban J connectivity index is 2.09. The van der Waals surface area contributed by atoms with Crippen LogP contribution >= 0.6 is 23.2 Å². The highest BCUT2D eigenvalue weighted by molar-refractivity contribution is 6.35. The number of anilines is 1. The molecule has 5 heteroatoms. The fourth-order valence-corrected chi connectivity index (χ4v) is 2.39. The van der Waals surface area contributed by atoms with E-state index in [1.165, 1.54) is 0 Å². The van der Waals surface area contributed by atoms with Crippen LogP contribution in [0.3, 0.4) is 0 Å². The molecule has 0 radical (unpaired) electrons. The van der Waals surface area contributed by atoms with Crippen molar-refractivity contribution in [3.8, 4) is 11.3 Å². The van der Waals surface area contributed by atoms with Gasteiger partial charge in [0, 0.05) is 27.6 Å². The van der Waals surface area contributed by atoms with Crippen LogP contribution in [0.1, 0.15) is 24.6 Å². The fraction of sp³-hybridized carbons (Fsp3) is 0.231. The number of hydrogen-bond donors (Lipinski definition) is 1. The zero-order chi connectivity index (χ0) is 12.7. The first-order valence-corrected chi connectivity index (χ1v) is 6.48. The van der Waals surface area contributed by atoms with Crippen molar-refractivity contribution in [1.29, 1.82) is 0 Å². The number of nitrogens with two attached hydrogens (primary N) is 1. The largest absolute Gasteiger partial charge is 0.384 e. The highest BCUT2D eigenvalue weighted by Gasteiger charge is 2.27. The van der Waals surface area contributed by atoms with E-state index in [4.69, 9.17) is 28.9 Å². The van der Waals surface area contributed by atoms with Crippen molar-refractivity contribution in [3.63, 3.8) is 0 Å². The van der Waals surface area contributed by atoms with Gasteiger partial charge in [0.15, 0.2) is 0 Å². The predicted octanol–water partition coefficient (Wildman–Crippen LogP) is 3.91. The van der Waals surface area contributed by atoms with Gasteiger partial charge in [0.1, 0.15) is 11.6 Å². The first-order valence-electron chi connectivity index (χ1n) is 5.73. The molecule has 0 aliphatic heterocycles. The monoisotopic (exact) mass is 279 g/mol. The van der Waals surface area contributed by atoms with Crippen molar-refractivity contribution in [3.05, 3.63) is 40.1 Å². The molecule has 0 amide bonds. The summed E-state index contributed by atoms with van der Waals surface area (Å²) >= 11 is 12.0. The molecule has 0 spiro atoms. The van der Waals surface area contributed by atoms with Crippen molar-refractivity contribution in [2.24, 2.45) is 0 Å². The molecule has 92 valence electrons. The van der Waals surface area contributed by atoms with E-state index in [9.17, 15) is 0 Å². The number of rotatable bonds is 2. The summed E-state index contributed by atoms with van der Waals surface area (Å²) in [6.07, 6.45) is 2.28. The van der Waals surface area contributed by atoms with E-state index in [0.29, 0.717) is 21.8 Å². The Morgan fingerprint density at radius 2 is 1.67 bits per heavy atom. The number of hydrogen-bond acceptors (Lipinski definition) is 3. The van der Waals surface area contributed by atoms with Crippen LogP contribution in [0.5, 0.6) is 0 Å². The predicted molar refractivity (Wildman–Crippen MR) is 73.9 cm³/mol. The Kier molecular flexibility index (Phi) is 2.88. The summed E-state index contributed by atoms with van der Waals surface area (Å²) in [4.78, 5) is 8.81. The Morgan fingerprint density at radius 3 is 2.28 bits per heavy atom. The molecule has 0 atom stereocenters. The van der Waals surface area contributed by atoms with Crippen LogP contribution in [0, 0.1) is 0 Å². The van der Waals surface area contributed by atoms with Crippen LogP contribution < -0.4 is 5.73 Å². The Hall–Kier alpha value is -1.32. The van der Waals surface area contributed by atoms with Gasteiger partial charge >= 0.3 is 0 Å². The van der Waals surface area contributed by atoms with Crippen LogP contribution in [0.25, 0.3) is 11.3 Å². The normalized spacial score (nSPS) is 14.8. The molecule has 3 rings (SSSR count). The highest BCUT2D eigenvalue weighted by atomic mass is 35.5. The maximum absolute atomic E-state index is 6.00. The third-order valence-electron chi connectivity index (χ3n) is 2.86. The van der Waals surface area contributed by atoms with Gasteiger partial charge in [0.05, 0.1) is 5.69 Å². The molecule has 1 aromatic carbocycles. The molecule has 1 aliphatic rings. The number of halogens is 2. The SMILES string of the molecule is Nc1cc(-c2cc(Cl)cc(Cl)c2)nc(C2CC2)n1. The summed E-state index contributed by atoms with van der Waals surface area (Å²) in [5.41, 5.74) is 7.46. The number of nitrogens with zero attached hydrogens (tertiary/aromatic N) is 2. The van der Waals surface area contributed by atoms with Crippen LogP contribution in [-0.4, -0.2) is 9.97 Å². The van der Waals surface area contributed by atoms with Gasteiger partial charge in [-0.1, -0.05) is 23.2 Å². The number of nitrogen functional groups attached to an aromatic ring is 1. The topological polar surface area (TPSA) is 51.8 Å². The molecule has 1 aliphatic carbocycles. The molecule has 1 saturated carbocycles. The van der Waals surface area contributed by atoms with Gasteiger partial charge in [-0.3, -0.25) is 0 Å². The van der Waals surface area contributed by atoms with Gasteiger partial charge < -0.3 is 5.73 Å². The summed E-state index contributed by atoms with van der Waals surface area (Å²) in [5, 5.41) is 1.17. The van der Waals surface area contributed by atoms with E-state index < -0.39 is 0 Å². The van der Waals surface area contributed by atoms with E-state index in [1.807, 2.05) is 12.1 Å². The first-order chi connectivity index (χ1) is 8.61. The van der Waals surface area contributed by atoms with Gasteiger partial charge in [-0.05, 0) is 31.0 Å². The maximum atomic E-state index is 6.00. The summed E-state index contributed by atoms with van der Waals surface area (Å²) in [6, 6.07) is 7.09. The molecular formula is C13H11Cl2N3. The molecule has 18 heavy (non-hydrogen) atoms. The minimum atomic E-state index is 0.460. The number of benzene rings is 1. The third kappa shape index (κ3) is 2.42. The average molecular weight is 280 g/mol. The van der Waals surface area contributed by atoms with Crippen LogP contribution in [0.4, 0.5) is 5.82 Å². The highest BCUT2D eigenvalue weighted by Crippen LogP contribution is 2.39.